The van der Waals surface area contributed by atoms with Crippen LogP contribution in [0.4, 0.5) is 0 Å². The van der Waals surface area contributed by atoms with E-state index in [4.69, 9.17) is 14.2 Å². The van der Waals surface area contributed by atoms with Crippen molar-refractivity contribution in [3.8, 4) is 17.2 Å². The Balaban J connectivity index is 1.79. The van der Waals surface area contributed by atoms with Gasteiger partial charge in [0.15, 0.2) is 17.3 Å². The van der Waals surface area contributed by atoms with Crippen LogP contribution in [-0.4, -0.2) is 37.2 Å². The Morgan fingerprint density at radius 3 is 2.34 bits per heavy atom. The molecule has 0 saturated carbocycles. The summed E-state index contributed by atoms with van der Waals surface area (Å²) in [4.78, 5) is 26.9. The second-order valence-electron chi connectivity index (χ2n) is 9.18. The molecule has 0 radical (unpaired) electrons. The lowest BCUT2D eigenvalue weighted by atomic mass is 9.71. The van der Waals surface area contributed by atoms with E-state index in [-0.39, 0.29) is 29.3 Å². The highest BCUT2D eigenvalue weighted by atomic mass is 16.5. The van der Waals surface area contributed by atoms with Gasteiger partial charge in [0.25, 0.3) is 0 Å². The molecule has 35 heavy (non-hydrogen) atoms. The van der Waals surface area contributed by atoms with Crippen molar-refractivity contribution in [3.05, 3.63) is 76.1 Å². The molecule has 184 valence electrons. The monoisotopic (exact) mass is 477 g/mol. The van der Waals surface area contributed by atoms with Crippen molar-refractivity contribution in [2.75, 3.05) is 14.2 Å². The number of phenols is 1. The summed E-state index contributed by atoms with van der Waals surface area (Å²) >= 11 is 0. The van der Waals surface area contributed by atoms with E-state index in [2.05, 4.69) is 5.32 Å². The zero-order valence-corrected chi connectivity index (χ0v) is 20.7. The second-order valence-corrected chi connectivity index (χ2v) is 9.18. The number of allylic oxidation sites excluding steroid dienone is 3. The SMILES string of the molecule is COc1ccc([C@H]2CC(=O)C3=C(C2)NC(C)=C(C(=O)OC(C)C)[C@H]3c2ccc(O)c(OC)c2)cc1. The van der Waals surface area contributed by atoms with Crippen LogP contribution in [0.2, 0.25) is 0 Å². The molecule has 2 aliphatic rings. The number of nitrogens with one attached hydrogen (secondary N) is 1. The van der Waals surface area contributed by atoms with Gasteiger partial charge in [-0.25, -0.2) is 4.79 Å². The average molecular weight is 478 g/mol. The first-order valence-corrected chi connectivity index (χ1v) is 11.7. The third-order valence-electron chi connectivity index (χ3n) is 6.51. The molecular formula is C28H31NO6. The maximum Gasteiger partial charge on any atom is 0.337 e. The first-order valence-electron chi connectivity index (χ1n) is 11.7. The van der Waals surface area contributed by atoms with Crippen molar-refractivity contribution in [2.45, 2.75) is 51.6 Å². The maximum absolute atomic E-state index is 13.7. The van der Waals surface area contributed by atoms with Gasteiger partial charge >= 0.3 is 5.97 Å². The van der Waals surface area contributed by atoms with Gasteiger partial charge in [0, 0.05) is 29.3 Å². The fourth-order valence-electron chi connectivity index (χ4n) is 4.91. The Morgan fingerprint density at radius 2 is 1.71 bits per heavy atom. The number of dihydropyridines is 1. The third kappa shape index (κ3) is 4.76. The molecule has 7 nitrogen and oxygen atoms in total. The Morgan fingerprint density at radius 1 is 1.03 bits per heavy atom. The van der Waals surface area contributed by atoms with E-state index >= 15 is 0 Å². The Hall–Kier alpha value is -3.74. The van der Waals surface area contributed by atoms with Gasteiger partial charge in [-0.15, -0.1) is 0 Å². The van der Waals surface area contributed by atoms with Crippen LogP contribution in [0.1, 0.15) is 56.6 Å². The van der Waals surface area contributed by atoms with Crippen molar-refractivity contribution < 1.29 is 28.9 Å². The zero-order valence-electron chi connectivity index (χ0n) is 20.7. The number of Topliss-reactive ketones (excluding diaryl/α,β-unsaturated/α-hetero) is 1. The number of benzene rings is 2. The summed E-state index contributed by atoms with van der Waals surface area (Å²) in [6.45, 7) is 5.41. The number of ketones is 1. The Labute approximate surface area is 205 Å². The van der Waals surface area contributed by atoms with Gasteiger partial charge in [-0.3, -0.25) is 4.79 Å². The van der Waals surface area contributed by atoms with E-state index in [1.165, 1.54) is 13.2 Å². The van der Waals surface area contributed by atoms with Crippen LogP contribution < -0.4 is 14.8 Å². The number of methoxy groups -OCH3 is 2. The highest BCUT2D eigenvalue weighted by Gasteiger charge is 2.41. The largest absolute Gasteiger partial charge is 0.504 e. The molecule has 0 fully saturated rings. The molecular weight excluding hydrogens is 446 g/mol. The molecule has 2 N–H and O–H groups in total. The molecule has 0 amide bonds. The third-order valence-corrected chi connectivity index (χ3v) is 6.51. The number of ether oxygens (including phenoxy) is 3. The molecule has 2 aromatic rings. The highest BCUT2D eigenvalue weighted by Crippen LogP contribution is 2.47. The lowest BCUT2D eigenvalue weighted by Crippen LogP contribution is -2.36. The number of hydrogen-bond acceptors (Lipinski definition) is 7. The molecule has 2 atom stereocenters. The van der Waals surface area contributed by atoms with Gasteiger partial charge < -0.3 is 24.6 Å². The predicted molar refractivity (Wildman–Crippen MR) is 131 cm³/mol. The number of hydrogen-bond donors (Lipinski definition) is 2. The number of phenolic OH excluding ortho intramolecular Hbond substituents is 1. The molecule has 0 saturated heterocycles. The smallest absolute Gasteiger partial charge is 0.337 e. The predicted octanol–water partition coefficient (Wildman–Crippen LogP) is 4.72. The minimum atomic E-state index is -0.628. The van der Waals surface area contributed by atoms with E-state index in [1.54, 1.807) is 33.1 Å². The van der Waals surface area contributed by atoms with Gasteiger partial charge in [0.2, 0.25) is 0 Å². The fraction of sp³-hybridized carbons (Fsp3) is 0.357. The summed E-state index contributed by atoms with van der Waals surface area (Å²) in [5.74, 6) is -0.0988. The first kappa shape index (κ1) is 24.4. The number of carbonyl (C=O) groups excluding carboxylic acids is 2. The number of aromatic hydroxyl groups is 1. The molecule has 4 rings (SSSR count). The lowest BCUT2D eigenvalue weighted by molar-refractivity contribution is -0.143. The van der Waals surface area contributed by atoms with Crippen molar-refractivity contribution >= 4 is 11.8 Å². The minimum absolute atomic E-state index is 0.00613. The molecule has 0 aromatic heterocycles. The van der Waals surface area contributed by atoms with Crippen LogP contribution in [0.15, 0.2) is 65.0 Å². The molecule has 1 aliphatic carbocycles. The van der Waals surface area contributed by atoms with Crippen molar-refractivity contribution in [1.82, 2.24) is 5.32 Å². The van der Waals surface area contributed by atoms with Gasteiger partial charge in [0.05, 0.1) is 25.9 Å². The quantitative estimate of drug-likeness (QED) is 0.581. The second kappa shape index (κ2) is 9.86. The first-order chi connectivity index (χ1) is 16.7. The molecule has 0 spiro atoms. The number of rotatable bonds is 6. The summed E-state index contributed by atoms with van der Waals surface area (Å²) in [5.41, 5.74) is 4.14. The Bertz CT molecular complexity index is 1210. The lowest BCUT2D eigenvalue weighted by Gasteiger charge is -2.37. The number of esters is 1. The van der Waals surface area contributed by atoms with Gasteiger partial charge in [-0.1, -0.05) is 18.2 Å². The van der Waals surface area contributed by atoms with E-state index < -0.39 is 11.9 Å². The Kier molecular flexibility index (Phi) is 6.87. The van der Waals surface area contributed by atoms with Crippen molar-refractivity contribution in [2.24, 2.45) is 0 Å². The van der Waals surface area contributed by atoms with Crippen LogP contribution in [0, 0.1) is 0 Å². The van der Waals surface area contributed by atoms with Crippen LogP contribution in [0.25, 0.3) is 0 Å². The van der Waals surface area contributed by atoms with Crippen LogP contribution in [-0.2, 0) is 14.3 Å². The molecule has 1 aliphatic heterocycles. The maximum atomic E-state index is 13.7. The standard InChI is InChI=1S/C28H31NO6/c1-15(2)35-28(32)25-16(3)29-21-12-19(17-6-9-20(33-4)10-7-17)13-23(31)27(21)26(25)18-8-11-22(30)24(14-18)34-5/h6-11,14-15,19,26,29-30H,12-13H2,1-5H3/t19-,26-/m1/s1. The minimum Gasteiger partial charge on any atom is -0.504 e. The summed E-state index contributed by atoms with van der Waals surface area (Å²) < 4.78 is 16.1. The normalized spacial score (nSPS) is 19.9. The summed E-state index contributed by atoms with van der Waals surface area (Å²) in [5, 5.41) is 13.5. The van der Waals surface area contributed by atoms with E-state index in [9.17, 15) is 14.7 Å². The molecule has 7 heteroatoms. The molecule has 2 aromatic carbocycles. The molecule has 0 unspecified atom stereocenters. The molecule has 1 heterocycles. The molecule has 0 bridgehead atoms. The van der Waals surface area contributed by atoms with E-state index in [1.807, 2.05) is 31.2 Å². The zero-order chi connectivity index (χ0) is 25.3. The summed E-state index contributed by atoms with van der Waals surface area (Å²) in [7, 11) is 3.09. The van der Waals surface area contributed by atoms with Gasteiger partial charge in [-0.2, -0.15) is 0 Å². The van der Waals surface area contributed by atoms with E-state index in [0.29, 0.717) is 35.2 Å². The van der Waals surface area contributed by atoms with E-state index in [0.717, 1.165) is 17.0 Å². The highest BCUT2D eigenvalue weighted by molar-refractivity contribution is 6.04. The fourth-order valence-corrected chi connectivity index (χ4v) is 4.91. The van der Waals surface area contributed by atoms with Gasteiger partial charge in [-0.05, 0) is 68.5 Å². The summed E-state index contributed by atoms with van der Waals surface area (Å²) in [6, 6.07) is 12.7. The number of carbonyl (C=O) groups is 2. The average Bonchev–Trinajstić information content (AvgIpc) is 2.83. The van der Waals surface area contributed by atoms with Crippen LogP contribution in [0.3, 0.4) is 0 Å². The van der Waals surface area contributed by atoms with Crippen molar-refractivity contribution in [1.29, 1.82) is 0 Å². The van der Waals surface area contributed by atoms with Crippen LogP contribution >= 0.6 is 0 Å². The van der Waals surface area contributed by atoms with Gasteiger partial charge in [0.1, 0.15) is 5.75 Å². The van der Waals surface area contributed by atoms with Crippen LogP contribution in [0.5, 0.6) is 17.2 Å². The van der Waals surface area contributed by atoms with Crippen molar-refractivity contribution in [3.63, 3.8) is 0 Å². The summed E-state index contributed by atoms with van der Waals surface area (Å²) in [6.07, 6.45) is 0.641. The topological polar surface area (TPSA) is 94.1 Å².